The minimum Gasteiger partial charge on any atom is -0.481 e. The van der Waals surface area contributed by atoms with Crippen molar-refractivity contribution in [3.8, 4) is 0 Å². The van der Waals surface area contributed by atoms with Gasteiger partial charge in [0.25, 0.3) is 0 Å². The Labute approximate surface area is 78.1 Å². The first-order valence-electron chi connectivity index (χ1n) is 5.05. The van der Waals surface area contributed by atoms with Crippen molar-refractivity contribution in [1.82, 2.24) is 0 Å². The second-order valence-electron chi connectivity index (χ2n) is 4.33. The minimum atomic E-state index is -0.627. The van der Waals surface area contributed by atoms with Crippen LogP contribution in [0.5, 0.6) is 0 Å². The van der Waals surface area contributed by atoms with Gasteiger partial charge in [0.05, 0.1) is 18.1 Å². The van der Waals surface area contributed by atoms with Crippen LogP contribution >= 0.6 is 0 Å². The van der Waals surface area contributed by atoms with Gasteiger partial charge in [0, 0.05) is 0 Å². The fourth-order valence-corrected chi connectivity index (χ4v) is 2.67. The third-order valence-electron chi connectivity index (χ3n) is 3.30. The molecule has 0 aromatic carbocycles. The van der Waals surface area contributed by atoms with Crippen LogP contribution in [0.1, 0.15) is 32.6 Å². The topological polar surface area (TPSA) is 46.5 Å². The summed E-state index contributed by atoms with van der Waals surface area (Å²) in [5.41, 5.74) is 0. The van der Waals surface area contributed by atoms with Crippen molar-refractivity contribution in [3.05, 3.63) is 0 Å². The van der Waals surface area contributed by atoms with Crippen LogP contribution in [0.4, 0.5) is 0 Å². The molecule has 0 bridgehead atoms. The van der Waals surface area contributed by atoms with Gasteiger partial charge in [-0.15, -0.1) is 0 Å². The molecule has 3 nitrogen and oxygen atoms in total. The molecule has 0 aromatic rings. The fraction of sp³-hybridized carbons (Fsp3) is 0.900. The van der Waals surface area contributed by atoms with Crippen molar-refractivity contribution in [2.24, 2.45) is 11.8 Å². The first-order chi connectivity index (χ1) is 6.16. The Morgan fingerprint density at radius 1 is 1.38 bits per heavy atom. The van der Waals surface area contributed by atoms with Crippen LogP contribution in [-0.2, 0) is 9.53 Å². The van der Waals surface area contributed by atoms with Gasteiger partial charge in [-0.2, -0.15) is 0 Å². The molecular formula is C10H16O3. The molecule has 2 fully saturated rings. The zero-order chi connectivity index (χ0) is 9.42. The van der Waals surface area contributed by atoms with Crippen molar-refractivity contribution in [1.29, 1.82) is 0 Å². The molecule has 74 valence electrons. The summed E-state index contributed by atoms with van der Waals surface area (Å²) in [7, 11) is 0. The van der Waals surface area contributed by atoms with Gasteiger partial charge in [-0.25, -0.2) is 0 Å². The molecule has 2 rings (SSSR count). The Morgan fingerprint density at radius 3 is 2.85 bits per heavy atom. The largest absolute Gasteiger partial charge is 0.481 e. The predicted octanol–water partition coefficient (Wildman–Crippen LogP) is 1.66. The average Bonchev–Trinajstić information content (AvgIpc) is 2.42. The number of aliphatic carboxylic acids is 1. The Morgan fingerprint density at radius 2 is 2.15 bits per heavy atom. The lowest BCUT2D eigenvalue weighted by atomic mass is 9.79. The summed E-state index contributed by atoms with van der Waals surface area (Å²) in [6.45, 7) is 2.08. The number of carboxylic acid groups (broad SMARTS) is 1. The third kappa shape index (κ3) is 1.70. The minimum absolute atomic E-state index is 0.116. The van der Waals surface area contributed by atoms with E-state index in [2.05, 4.69) is 6.92 Å². The molecule has 0 amide bonds. The Hall–Kier alpha value is -0.570. The van der Waals surface area contributed by atoms with E-state index in [1.807, 2.05) is 0 Å². The maximum Gasteiger partial charge on any atom is 0.306 e. The number of hydrogen-bond acceptors (Lipinski definition) is 2. The van der Waals surface area contributed by atoms with Crippen LogP contribution in [0, 0.1) is 11.8 Å². The molecule has 0 spiro atoms. The maximum atomic E-state index is 10.8. The molecular weight excluding hydrogens is 168 g/mol. The number of rotatable bonds is 1. The van der Waals surface area contributed by atoms with Gasteiger partial charge >= 0.3 is 5.97 Å². The van der Waals surface area contributed by atoms with E-state index in [-0.39, 0.29) is 5.92 Å². The van der Waals surface area contributed by atoms with Crippen LogP contribution in [0.2, 0.25) is 0 Å². The maximum absolute atomic E-state index is 10.8. The molecule has 3 heteroatoms. The lowest BCUT2D eigenvalue weighted by molar-refractivity contribution is -0.144. The van der Waals surface area contributed by atoms with Gasteiger partial charge in [0.2, 0.25) is 0 Å². The smallest absolute Gasteiger partial charge is 0.306 e. The van der Waals surface area contributed by atoms with E-state index < -0.39 is 5.97 Å². The molecule has 1 saturated carbocycles. The number of fused-ring (bicyclic) bond motifs is 1. The molecule has 1 heterocycles. The molecule has 1 N–H and O–H groups in total. The number of carbonyl (C=O) groups is 1. The van der Waals surface area contributed by atoms with E-state index in [1.54, 1.807) is 0 Å². The van der Waals surface area contributed by atoms with E-state index in [1.165, 1.54) is 0 Å². The monoisotopic (exact) mass is 184 g/mol. The fourth-order valence-electron chi connectivity index (χ4n) is 2.67. The van der Waals surface area contributed by atoms with E-state index in [4.69, 9.17) is 9.84 Å². The summed E-state index contributed by atoms with van der Waals surface area (Å²) in [6.07, 6.45) is 4.29. The Balaban J connectivity index is 1.97. The molecule has 0 aromatic heterocycles. The number of carboxylic acids is 1. The molecule has 2 aliphatic rings. The first-order valence-corrected chi connectivity index (χ1v) is 5.05. The van der Waals surface area contributed by atoms with Crippen LogP contribution in [0.15, 0.2) is 0 Å². The number of ether oxygens (including phenoxy) is 1. The summed E-state index contributed by atoms with van der Waals surface area (Å²) < 4.78 is 5.70. The van der Waals surface area contributed by atoms with Gasteiger partial charge in [0.15, 0.2) is 0 Å². The summed E-state index contributed by atoms with van der Waals surface area (Å²) in [6, 6.07) is 0. The van der Waals surface area contributed by atoms with Crippen molar-refractivity contribution in [3.63, 3.8) is 0 Å². The molecule has 1 saturated heterocycles. The summed E-state index contributed by atoms with van der Waals surface area (Å²) >= 11 is 0. The predicted molar refractivity (Wildman–Crippen MR) is 47.4 cm³/mol. The van der Waals surface area contributed by atoms with Crippen molar-refractivity contribution in [2.45, 2.75) is 44.8 Å². The average molecular weight is 184 g/mol. The van der Waals surface area contributed by atoms with Gasteiger partial charge in [-0.3, -0.25) is 4.79 Å². The van der Waals surface area contributed by atoms with E-state index in [9.17, 15) is 4.79 Å². The zero-order valence-corrected chi connectivity index (χ0v) is 7.90. The highest BCUT2D eigenvalue weighted by molar-refractivity contribution is 5.70. The second kappa shape index (κ2) is 3.29. The quantitative estimate of drug-likeness (QED) is 0.674. The van der Waals surface area contributed by atoms with Crippen LogP contribution in [0.25, 0.3) is 0 Å². The molecule has 0 unspecified atom stereocenters. The SMILES string of the molecule is C[C@H]1C[C@H]2C[C@@H](C(=O)O)CC[C@H]2O1. The third-order valence-corrected chi connectivity index (χ3v) is 3.30. The van der Waals surface area contributed by atoms with Gasteiger partial charge in [0.1, 0.15) is 0 Å². The van der Waals surface area contributed by atoms with Crippen molar-refractivity contribution in [2.75, 3.05) is 0 Å². The Kier molecular flexibility index (Phi) is 2.28. The molecule has 13 heavy (non-hydrogen) atoms. The van der Waals surface area contributed by atoms with Gasteiger partial charge < -0.3 is 9.84 Å². The highest BCUT2D eigenvalue weighted by Crippen LogP contribution is 2.39. The normalized spacial score (nSPS) is 44.4. The lowest BCUT2D eigenvalue weighted by Crippen LogP contribution is -2.29. The van der Waals surface area contributed by atoms with Gasteiger partial charge in [-0.1, -0.05) is 0 Å². The van der Waals surface area contributed by atoms with Crippen molar-refractivity contribution >= 4 is 5.97 Å². The summed E-state index contributed by atoms with van der Waals surface area (Å²) in [5, 5.41) is 8.88. The van der Waals surface area contributed by atoms with Gasteiger partial charge in [-0.05, 0) is 38.5 Å². The lowest BCUT2D eigenvalue weighted by Gasteiger charge is -2.28. The van der Waals surface area contributed by atoms with E-state index in [0.717, 1.165) is 25.7 Å². The van der Waals surface area contributed by atoms with Crippen LogP contribution in [-0.4, -0.2) is 23.3 Å². The summed E-state index contributed by atoms with van der Waals surface area (Å²) in [5.74, 6) is -0.238. The van der Waals surface area contributed by atoms with Crippen molar-refractivity contribution < 1.29 is 14.6 Å². The first kappa shape index (κ1) is 9.00. The van der Waals surface area contributed by atoms with Crippen LogP contribution in [0.3, 0.4) is 0 Å². The second-order valence-corrected chi connectivity index (χ2v) is 4.33. The van der Waals surface area contributed by atoms with E-state index >= 15 is 0 Å². The molecule has 1 aliphatic heterocycles. The summed E-state index contributed by atoms with van der Waals surface area (Å²) in [4.78, 5) is 10.8. The van der Waals surface area contributed by atoms with Crippen LogP contribution < -0.4 is 0 Å². The number of hydrogen-bond donors (Lipinski definition) is 1. The zero-order valence-electron chi connectivity index (χ0n) is 7.90. The highest BCUT2D eigenvalue weighted by Gasteiger charge is 2.39. The Bertz CT molecular complexity index is 214. The highest BCUT2D eigenvalue weighted by atomic mass is 16.5. The molecule has 1 aliphatic carbocycles. The standard InChI is InChI=1S/C10H16O3/c1-6-4-8-5-7(10(11)12)2-3-9(8)13-6/h6-9H,2-5H2,1H3,(H,11,12)/t6-,7-,8-,9+/m0/s1. The van der Waals surface area contributed by atoms with E-state index in [0.29, 0.717) is 18.1 Å². The molecule has 4 atom stereocenters. The molecule has 0 radical (unpaired) electrons.